The van der Waals surface area contributed by atoms with Gasteiger partial charge in [-0.1, -0.05) is 60.7 Å². The number of carbonyl (C=O) groups excluding carboxylic acids is 1. The maximum absolute atomic E-state index is 11.8. The number of thioether (sulfide) groups is 1. The zero-order valence-corrected chi connectivity index (χ0v) is 25.9. The summed E-state index contributed by atoms with van der Waals surface area (Å²) in [4.78, 5) is 11.8. The molecule has 2 heterocycles. The van der Waals surface area contributed by atoms with E-state index in [1.807, 2.05) is 37.7 Å². The SMILES string of the molecule is CC(=O)OC[C@H]1O[C@@H](SC23CC4CC(CC(C4)C2)C3)[C@H](OP(c2ccccc2)c2ccccc2)[C@H]2OC(C)(C)O[C@H]21. The third-order valence-corrected chi connectivity index (χ3v) is 13.0. The molecule has 6 fully saturated rings. The highest BCUT2D eigenvalue weighted by atomic mass is 32.2. The lowest BCUT2D eigenvalue weighted by atomic mass is 9.56. The van der Waals surface area contributed by atoms with Crippen LogP contribution in [0.3, 0.4) is 0 Å². The van der Waals surface area contributed by atoms with E-state index in [0.717, 1.165) is 28.4 Å². The standard InChI is InChI=1S/C33H41O6PS/c1-21(34)35-20-27-28-29(38-32(2,3)37-28)30(39-40(25-10-6-4-7-11-25)26-12-8-5-9-13-26)31(36-27)41-33-17-22-14-23(18-33)16-24(15-22)19-33/h4-13,22-24,27-31H,14-20H2,1-3H3/t22?,23?,24?,27-,28+,29+,30-,31+,33?/m1/s1. The van der Waals surface area contributed by atoms with Gasteiger partial charge in [-0.3, -0.25) is 4.79 Å². The number of rotatable bonds is 8. The molecule has 0 radical (unpaired) electrons. The van der Waals surface area contributed by atoms with Crippen molar-refractivity contribution in [2.24, 2.45) is 17.8 Å². The summed E-state index contributed by atoms with van der Waals surface area (Å²) in [6.45, 7) is 5.48. The second kappa shape index (κ2) is 11.2. The summed E-state index contributed by atoms with van der Waals surface area (Å²) in [6.07, 6.45) is 6.44. The molecule has 4 aliphatic carbocycles. The predicted molar refractivity (Wildman–Crippen MR) is 162 cm³/mol. The lowest BCUT2D eigenvalue weighted by Gasteiger charge is -2.58. The number of hydrogen-bond acceptors (Lipinski definition) is 7. The molecule has 2 aromatic carbocycles. The third kappa shape index (κ3) is 5.88. The van der Waals surface area contributed by atoms with Crippen molar-refractivity contribution in [3.63, 3.8) is 0 Å². The lowest BCUT2D eigenvalue weighted by Crippen LogP contribution is -2.59. The summed E-state index contributed by atoms with van der Waals surface area (Å²) in [5, 5.41) is 2.31. The highest BCUT2D eigenvalue weighted by molar-refractivity contribution is 8.01. The van der Waals surface area contributed by atoms with Gasteiger partial charge in [-0.2, -0.15) is 0 Å². The van der Waals surface area contributed by atoms with E-state index >= 15 is 0 Å². The zero-order valence-electron chi connectivity index (χ0n) is 24.1. The molecule has 6 aliphatic rings. The Bertz CT molecular complexity index is 1150. The summed E-state index contributed by atoms with van der Waals surface area (Å²) >= 11 is 1.99. The molecule has 5 atom stereocenters. The van der Waals surface area contributed by atoms with Gasteiger partial charge in [-0.25, -0.2) is 0 Å². The van der Waals surface area contributed by atoms with E-state index in [0.29, 0.717) is 0 Å². The first-order chi connectivity index (χ1) is 19.8. The summed E-state index contributed by atoms with van der Waals surface area (Å²) in [5.74, 6) is 1.38. The van der Waals surface area contributed by atoms with Crippen LogP contribution in [0.5, 0.6) is 0 Å². The molecule has 4 bridgehead atoms. The number of fused-ring (bicyclic) bond motifs is 1. The van der Waals surface area contributed by atoms with E-state index in [4.69, 9.17) is 23.5 Å². The largest absolute Gasteiger partial charge is 0.463 e. The van der Waals surface area contributed by atoms with Crippen molar-refractivity contribution < 1.29 is 28.3 Å². The second-order valence-electron chi connectivity index (χ2n) is 13.2. The van der Waals surface area contributed by atoms with Crippen LogP contribution in [0.15, 0.2) is 60.7 Å². The summed E-state index contributed by atoms with van der Waals surface area (Å²) in [5.41, 5.74) is -0.261. The van der Waals surface area contributed by atoms with Gasteiger partial charge in [-0.15, -0.1) is 11.8 Å². The van der Waals surface area contributed by atoms with E-state index in [2.05, 4.69) is 48.5 Å². The lowest BCUT2D eigenvalue weighted by molar-refractivity contribution is -0.176. The molecule has 0 spiro atoms. The van der Waals surface area contributed by atoms with Crippen molar-refractivity contribution in [3.8, 4) is 0 Å². The average Bonchev–Trinajstić information content (AvgIpc) is 3.26. The number of ether oxygens (including phenoxy) is 4. The normalized spacial score (nSPS) is 38.6. The van der Waals surface area contributed by atoms with Crippen molar-refractivity contribution in [1.29, 1.82) is 0 Å². The topological polar surface area (TPSA) is 63.2 Å². The molecule has 6 nitrogen and oxygen atoms in total. The molecular formula is C33H41O6PS. The average molecular weight is 597 g/mol. The van der Waals surface area contributed by atoms with Gasteiger partial charge in [0, 0.05) is 22.3 Å². The Morgan fingerprint density at radius 1 is 0.878 bits per heavy atom. The van der Waals surface area contributed by atoms with Crippen LogP contribution in [-0.2, 0) is 28.3 Å². The summed E-state index contributed by atoms with van der Waals surface area (Å²) < 4.78 is 33.0. The minimum atomic E-state index is -1.14. The Balaban J connectivity index is 1.25. The first kappa shape index (κ1) is 28.3. The first-order valence-corrected chi connectivity index (χ1v) is 17.3. The highest BCUT2D eigenvalue weighted by Crippen LogP contribution is 2.62. The van der Waals surface area contributed by atoms with Crippen LogP contribution in [0.4, 0.5) is 0 Å². The number of esters is 1. The molecule has 4 saturated carbocycles. The van der Waals surface area contributed by atoms with Crippen LogP contribution >= 0.6 is 19.9 Å². The number of hydrogen-bond donors (Lipinski definition) is 0. The van der Waals surface area contributed by atoms with Crippen molar-refractivity contribution in [3.05, 3.63) is 60.7 Å². The highest BCUT2D eigenvalue weighted by Gasteiger charge is 2.60. The second-order valence-corrected chi connectivity index (χ2v) is 16.6. The molecular weight excluding hydrogens is 555 g/mol. The summed E-state index contributed by atoms with van der Waals surface area (Å²) in [6, 6.07) is 21.0. The molecule has 41 heavy (non-hydrogen) atoms. The van der Waals surface area contributed by atoms with Crippen molar-refractivity contribution in [1.82, 2.24) is 0 Å². The van der Waals surface area contributed by atoms with E-state index in [-0.39, 0.29) is 35.0 Å². The molecule has 0 amide bonds. The Morgan fingerprint density at radius 3 is 1.95 bits per heavy atom. The monoisotopic (exact) mass is 596 g/mol. The molecule has 8 heteroatoms. The molecule has 0 aromatic heterocycles. The first-order valence-electron chi connectivity index (χ1n) is 15.2. The van der Waals surface area contributed by atoms with Gasteiger partial charge in [0.05, 0.1) is 8.15 Å². The van der Waals surface area contributed by atoms with Crippen molar-refractivity contribution in [2.45, 2.75) is 99.7 Å². The van der Waals surface area contributed by atoms with E-state index in [1.54, 1.807) is 0 Å². The van der Waals surface area contributed by atoms with E-state index in [9.17, 15) is 4.79 Å². The van der Waals surface area contributed by atoms with Gasteiger partial charge in [0.2, 0.25) is 0 Å². The molecule has 8 rings (SSSR count). The Kier molecular flexibility index (Phi) is 7.75. The Hall–Kier alpha value is -1.47. The number of carbonyl (C=O) groups is 1. The maximum atomic E-state index is 11.8. The molecule has 0 unspecified atom stereocenters. The minimum absolute atomic E-state index is 0.146. The minimum Gasteiger partial charge on any atom is -0.463 e. The van der Waals surface area contributed by atoms with Crippen molar-refractivity contribution >= 4 is 36.5 Å². The quantitative estimate of drug-likeness (QED) is 0.277. The molecule has 2 aromatic rings. The molecule has 220 valence electrons. The predicted octanol–water partition coefficient (Wildman–Crippen LogP) is 5.93. The van der Waals surface area contributed by atoms with Crippen molar-refractivity contribution in [2.75, 3.05) is 6.61 Å². The maximum Gasteiger partial charge on any atom is 0.302 e. The van der Waals surface area contributed by atoms with Crippen LogP contribution in [0, 0.1) is 17.8 Å². The van der Waals surface area contributed by atoms with E-state index in [1.165, 1.54) is 45.4 Å². The van der Waals surface area contributed by atoms with E-state index < -0.39 is 26.1 Å². The Labute approximate surface area is 249 Å². The van der Waals surface area contributed by atoms with Crippen LogP contribution in [0.2, 0.25) is 0 Å². The number of benzene rings is 2. The van der Waals surface area contributed by atoms with Crippen LogP contribution in [0.25, 0.3) is 0 Å². The third-order valence-electron chi connectivity index (χ3n) is 9.44. The van der Waals surface area contributed by atoms with Crippen LogP contribution < -0.4 is 10.6 Å². The fourth-order valence-corrected chi connectivity index (χ4v) is 12.3. The molecule has 0 N–H and O–H groups in total. The van der Waals surface area contributed by atoms with Gasteiger partial charge >= 0.3 is 5.97 Å². The van der Waals surface area contributed by atoms with Gasteiger partial charge < -0.3 is 23.5 Å². The van der Waals surface area contributed by atoms with Crippen LogP contribution in [-0.4, -0.2) is 53.0 Å². The molecule has 2 aliphatic heterocycles. The fourth-order valence-electron chi connectivity index (χ4n) is 8.32. The van der Waals surface area contributed by atoms with Crippen LogP contribution in [0.1, 0.15) is 59.3 Å². The van der Waals surface area contributed by atoms with Gasteiger partial charge in [-0.05, 0) is 70.1 Å². The Morgan fingerprint density at radius 2 is 1.41 bits per heavy atom. The van der Waals surface area contributed by atoms with Gasteiger partial charge in [0.15, 0.2) is 5.79 Å². The summed E-state index contributed by atoms with van der Waals surface area (Å²) in [7, 11) is -1.14. The molecule has 2 saturated heterocycles. The van der Waals surface area contributed by atoms with Gasteiger partial charge in [0.25, 0.3) is 0 Å². The van der Waals surface area contributed by atoms with Gasteiger partial charge in [0.1, 0.15) is 36.5 Å². The fraction of sp³-hybridized carbons (Fsp3) is 0.606. The zero-order chi connectivity index (χ0) is 28.2. The smallest absolute Gasteiger partial charge is 0.302 e.